The molecule has 5 heterocycles. The lowest BCUT2D eigenvalue weighted by atomic mass is 9.98. The third-order valence-electron chi connectivity index (χ3n) is 6.68. The number of aromatic nitrogens is 3. The van der Waals surface area contributed by atoms with E-state index in [-0.39, 0.29) is 16.8 Å². The number of rotatable bonds is 2. The Morgan fingerprint density at radius 1 is 1.19 bits per heavy atom. The zero-order valence-electron chi connectivity index (χ0n) is 16.3. The predicted octanol–water partition coefficient (Wildman–Crippen LogP) is 3.78. The standard InChI is InChI=1S/C21H19ClF2N6O/c22-17-12(3-4-14-16(17)21(23,24)20(31)28-14)13-7-27-19-18(13)26-8-15(29-19)30-10-1-2-11(30)6-9(25)5-10/h3-4,7-11H,1-2,5-6,25H2,(H,27,29)(H,28,31)/t9-,10+,11-. The molecular formula is C21H19ClF2N6O. The Balaban J connectivity index is 1.42. The molecule has 2 bridgehead atoms. The summed E-state index contributed by atoms with van der Waals surface area (Å²) in [6, 6.07) is 4.00. The highest BCUT2D eigenvalue weighted by Gasteiger charge is 2.50. The van der Waals surface area contributed by atoms with Crippen molar-refractivity contribution in [2.45, 2.75) is 49.7 Å². The molecule has 2 aromatic heterocycles. The molecule has 3 aliphatic heterocycles. The summed E-state index contributed by atoms with van der Waals surface area (Å²) in [5.74, 6) is -4.26. The van der Waals surface area contributed by atoms with Crippen molar-refractivity contribution in [2.24, 2.45) is 5.73 Å². The first-order valence-corrected chi connectivity index (χ1v) is 10.6. The maximum atomic E-state index is 14.3. The summed E-state index contributed by atoms with van der Waals surface area (Å²) in [6.07, 6.45) is 7.46. The first-order chi connectivity index (χ1) is 14.8. The average molecular weight is 445 g/mol. The van der Waals surface area contributed by atoms with Crippen molar-refractivity contribution >= 4 is 40.2 Å². The number of carbonyl (C=O) groups is 1. The Bertz CT molecular complexity index is 1230. The molecule has 6 rings (SSSR count). The summed E-state index contributed by atoms with van der Waals surface area (Å²) in [6.45, 7) is 0. The number of alkyl halides is 2. The molecule has 1 aromatic carbocycles. The van der Waals surface area contributed by atoms with Crippen molar-refractivity contribution in [1.29, 1.82) is 0 Å². The molecule has 1 amide bonds. The van der Waals surface area contributed by atoms with E-state index >= 15 is 0 Å². The van der Waals surface area contributed by atoms with Crippen LogP contribution in [0.2, 0.25) is 5.02 Å². The molecule has 0 aliphatic carbocycles. The fourth-order valence-corrected chi connectivity index (χ4v) is 5.70. The van der Waals surface area contributed by atoms with E-state index in [2.05, 4.69) is 20.2 Å². The molecule has 3 aliphatic rings. The molecule has 2 saturated heterocycles. The van der Waals surface area contributed by atoms with E-state index in [0.29, 0.717) is 34.4 Å². The molecule has 4 N–H and O–H groups in total. The smallest absolute Gasteiger partial charge is 0.349 e. The van der Waals surface area contributed by atoms with Crippen LogP contribution in [0.1, 0.15) is 31.2 Å². The van der Waals surface area contributed by atoms with E-state index in [0.717, 1.165) is 31.5 Å². The van der Waals surface area contributed by atoms with E-state index in [4.69, 9.17) is 22.3 Å². The maximum Gasteiger partial charge on any atom is 0.353 e. The number of nitrogens with zero attached hydrogens (tertiary/aromatic N) is 3. The second-order valence-electron chi connectivity index (χ2n) is 8.53. The van der Waals surface area contributed by atoms with Gasteiger partial charge < -0.3 is 20.9 Å². The van der Waals surface area contributed by atoms with Gasteiger partial charge in [0.1, 0.15) is 11.3 Å². The number of aromatic amines is 1. The summed E-state index contributed by atoms with van der Waals surface area (Å²) < 4.78 is 28.7. The van der Waals surface area contributed by atoms with Crippen LogP contribution < -0.4 is 16.0 Å². The highest BCUT2D eigenvalue weighted by Crippen LogP contribution is 2.48. The van der Waals surface area contributed by atoms with Crippen molar-refractivity contribution < 1.29 is 13.6 Å². The van der Waals surface area contributed by atoms with E-state index in [1.54, 1.807) is 18.5 Å². The number of hydrogen-bond acceptors (Lipinski definition) is 5. The molecule has 2 fully saturated rings. The number of carbonyl (C=O) groups excluding carboxylic acids is 1. The van der Waals surface area contributed by atoms with Crippen molar-refractivity contribution in [2.75, 3.05) is 10.2 Å². The van der Waals surface area contributed by atoms with E-state index in [1.807, 2.05) is 0 Å². The van der Waals surface area contributed by atoms with E-state index in [1.165, 1.54) is 6.07 Å². The minimum atomic E-state index is -3.68. The minimum Gasteiger partial charge on any atom is -0.349 e. The molecule has 0 spiro atoms. The fraction of sp³-hybridized carbons (Fsp3) is 0.381. The van der Waals surface area contributed by atoms with Crippen molar-refractivity contribution in [3.8, 4) is 11.1 Å². The summed E-state index contributed by atoms with van der Waals surface area (Å²) in [4.78, 5) is 26.4. The van der Waals surface area contributed by atoms with E-state index in [9.17, 15) is 13.6 Å². The average Bonchev–Trinajstić information content (AvgIpc) is 3.33. The highest BCUT2D eigenvalue weighted by molar-refractivity contribution is 6.36. The van der Waals surface area contributed by atoms with E-state index < -0.39 is 17.4 Å². The molecule has 160 valence electrons. The lowest BCUT2D eigenvalue weighted by Gasteiger charge is -2.38. The lowest BCUT2D eigenvalue weighted by molar-refractivity contribution is -0.139. The van der Waals surface area contributed by atoms with Gasteiger partial charge in [0.15, 0.2) is 5.65 Å². The first-order valence-electron chi connectivity index (χ1n) is 10.2. The van der Waals surface area contributed by atoms with Gasteiger partial charge in [0.05, 0.1) is 22.5 Å². The summed E-state index contributed by atoms with van der Waals surface area (Å²) in [5, 5.41) is 2.00. The summed E-state index contributed by atoms with van der Waals surface area (Å²) >= 11 is 6.35. The summed E-state index contributed by atoms with van der Waals surface area (Å²) in [7, 11) is 0. The van der Waals surface area contributed by atoms with Crippen LogP contribution in [0, 0.1) is 0 Å². The molecule has 0 radical (unpaired) electrons. The predicted molar refractivity (Wildman–Crippen MR) is 113 cm³/mol. The van der Waals surface area contributed by atoms with Gasteiger partial charge in [-0.05, 0) is 31.7 Å². The number of fused-ring (bicyclic) bond motifs is 4. The molecule has 7 nitrogen and oxygen atoms in total. The van der Waals surface area contributed by atoms with Gasteiger partial charge in [-0.25, -0.2) is 9.97 Å². The zero-order valence-corrected chi connectivity index (χ0v) is 17.1. The Morgan fingerprint density at radius 3 is 2.68 bits per heavy atom. The molecule has 10 heteroatoms. The van der Waals surface area contributed by atoms with Crippen LogP contribution in [0.3, 0.4) is 0 Å². The third kappa shape index (κ3) is 2.62. The number of halogens is 3. The SMILES string of the molecule is N[C@H]1C[C@H]2CC[C@@H](C1)N2c1cnc2c(-c3ccc4c(c3Cl)C(F)(F)C(=O)N4)c[nH]c2n1. The number of piperidine rings is 1. The number of benzene rings is 1. The Morgan fingerprint density at radius 2 is 1.94 bits per heavy atom. The number of H-pyrrole nitrogens is 1. The Kier molecular flexibility index (Phi) is 3.89. The molecule has 0 unspecified atom stereocenters. The quantitative estimate of drug-likeness (QED) is 0.558. The Hall–Kier alpha value is -2.78. The van der Waals surface area contributed by atoms with Gasteiger partial charge in [-0.2, -0.15) is 8.78 Å². The van der Waals surface area contributed by atoms with Gasteiger partial charge in [-0.3, -0.25) is 4.79 Å². The van der Waals surface area contributed by atoms with Gasteiger partial charge >= 0.3 is 5.92 Å². The topological polar surface area (TPSA) is 99.9 Å². The third-order valence-corrected chi connectivity index (χ3v) is 7.07. The second kappa shape index (κ2) is 6.37. The van der Waals surface area contributed by atoms with Gasteiger partial charge in [0.2, 0.25) is 0 Å². The second-order valence-corrected chi connectivity index (χ2v) is 8.91. The summed E-state index contributed by atoms with van der Waals surface area (Å²) in [5.41, 5.74) is 7.71. The maximum absolute atomic E-state index is 14.3. The molecule has 3 aromatic rings. The first kappa shape index (κ1) is 18.9. The van der Waals surface area contributed by atoms with Gasteiger partial charge in [-0.1, -0.05) is 17.7 Å². The molecule has 3 atom stereocenters. The van der Waals surface area contributed by atoms with Crippen LogP contribution in [0.4, 0.5) is 20.3 Å². The zero-order chi connectivity index (χ0) is 21.5. The van der Waals surface area contributed by atoms with Crippen LogP contribution in [-0.4, -0.2) is 39.0 Å². The molecular weight excluding hydrogens is 426 g/mol. The van der Waals surface area contributed by atoms with Crippen LogP contribution >= 0.6 is 11.6 Å². The molecule has 31 heavy (non-hydrogen) atoms. The van der Waals surface area contributed by atoms with Gasteiger partial charge in [0, 0.05) is 35.4 Å². The van der Waals surface area contributed by atoms with Crippen LogP contribution in [0.15, 0.2) is 24.5 Å². The monoisotopic (exact) mass is 444 g/mol. The largest absolute Gasteiger partial charge is 0.353 e. The van der Waals surface area contributed by atoms with Crippen molar-refractivity contribution in [3.63, 3.8) is 0 Å². The Labute approximate surface area is 181 Å². The molecule has 0 saturated carbocycles. The number of amides is 1. The lowest BCUT2D eigenvalue weighted by Crippen LogP contribution is -2.47. The normalized spacial score (nSPS) is 26.4. The number of nitrogens with two attached hydrogens (primary N) is 1. The van der Waals surface area contributed by atoms with Gasteiger partial charge in [0.25, 0.3) is 5.91 Å². The number of nitrogens with one attached hydrogen (secondary N) is 2. The van der Waals surface area contributed by atoms with Crippen LogP contribution in [0.25, 0.3) is 22.3 Å². The fourth-order valence-electron chi connectivity index (χ4n) is 5.32. The minimum absolute atomic E-state index is 0.0238. The van der Waals surface area contributed by atoms with Crippen molar-refractivity contribution in [3.05, 3.63) is 35.1 Å². The number of anilines is 2. The van der Waals surface area contributed by atoms with Gasteiger partial charge in [-0.15, -0.1) is 0 Å². The van der Waals surface area contributed by atoms with Crippen molar-refractivity contribution in [1.82, 2.24) is 15.0 Å². The van der Waals surface area contributed by atoms with Crippen LogP contribution in [-0.2, 0) is 10.7 Å². The highest BCUT2D eigenvalue weighted by atomic mass is 35.5. The van der Waals surface area contributed by atoms with Crippen LogP contribution in [0.5, 0.6) is 0 Å². The number of hydrogen-bond donors (Lipinski definition) is 3.